The molecular formula is C12H17N5O2. The van der Waals surface area contributed by atoms with Gasteiger partial charge in [-0.1, -0.05) is 12.1 Å². The first-order valence-electron chi connectivity index (χ1n) is 6.15. The molecule has 0 amide bonds. The Balaban J connectivity index is 2.15. The molecule has 2 aromatic heterocycles. The van der Waals surface area contributed by atoms with Crippen LogP contribution in [0, 0.1) is 0 Å². The van der Waals surface area contributed by atoms with Crippen LogP contribution >= 0.6 is 0 Å². The number of carbonyl (C=O) groups excluding carboxylic acids is 1. The predicted octanol–water partition coefficient (Wildman–Crippen LogP) is 0.603. The summed E-state index contributed by atoms with van der Waals surface area (Å²) >= 11 is 0. The van der Waals surface area contributed by atoms with Gasteiger partial charge in [0.1, 0.15) is 0 Å². The Hall–Kier alpha value is -2.18. The number of hydrogen-bond acceptors (Lipinski definition) is 5. The molecule has 0 fully saturated rings. The Labute approximate surface area is 111 Å². The molecule has 7 heteroatoms. The zero-order valence-electron chi connectivity index (χ0n) is 11.3. The van der Waals surface area contributed by atoms with E-state index in [0.717, 1.165) is 17.8 Å². The summed E-state index contributed by atoms with van der Waals surface area (Å²) in [6, 6.07) is 1.96. The minimum atomic E-state index is -0.441. The van der Waals surface area contributed by atoms with Gasteiger partial charge in [0.2, 0.25) is 0 Å². The summed E-state index contributed by atoms with van der Waals surface area (Å²) in [7, 11) is 3.24. The SMILES string of the molecule is CCc1c(C(=O)OC)nnn1CCc1ccnn1C. The van der Waals surface area contributed by atoms with Crippen molar-refractivity contribution in [2.24, 2.45) is 7.05 Å². The number of nitrogens with zero attached hydrogens (tertiary/aromatic N) is 5. The van der Waals surface area contributed by atoms with Crippen LogP contribution in [-0.4, -0.2) is 37.9 Å². The molecule has 2 heterocycles. The maximum absolute atomic E-state index is 11.5. The van der Waals surface area contributed by atoms with Gasteiger partial charge in [0.25, 0.3) is 0 Å². The fourth-order valence-corrected chi connectivity index (χ4v) is 1.98. The molecule has 0 aliphatic carbocycles. The number of aromatic nitrogens is 5. The molecule has 2 rings (SSSR count). The zero-order valence-corrected chi connectivity index (χ0v) is 11.3. The molecule has 0 aliphatic heterocycles. The van der Waals surface area contributed by atoms with Crippen molar-refractivity contribution in [2.75, 3.05) is 7.11 Å². The van der Waals surface area contributed by atoms with Crippen molar-refractivity contribution in [3.63, 3.8) is 0 Å². The van der Waals surface area contributed by atoms with Crippen LogP contribution in [0.5, 0.6) is 0 Å². The van der Waals surface area contributed by atoms with Crippen LogP contribution < -0.4 is 0 Å². The average molecular weight is 263 g/mol. The number of rotatable bonds is 5. The Bertz CT molecular complexity index is 572. The van der Waals surface area contributed by atoms with Gasteiger partial charge in [-0.15, -0.1) is 5.10 Å². The second kappa shape index (κ2) is 5.64. The molecule has 7 nitrogen and oxygen atoms in total. The normalized spacial score (nSPS) is 10.7. The fourth-order valence-electron chi connectivity index (χ4n) is 1.98. The minimum Gasteiger partial charge on any atom is -0.464 e. The average Bonchev–Trinajstić information content (AvgIpc) is 3.01. The molecule has 0 unspecified atom stereocenters. The standard InChI is InChI=1S/C12H17N5O2/c1-4-10-11(12(18)19-3)14-15-17(10)8-6-9-5-7-13-16(9)2/h5,7H,4,6,8H2,1-3H3. The number of aryl methyl sites for hydroxylation is 3. The van der Waals surface area contributed by atoms with Crippen molar-refractivity contribution in [1.82, 2.24) is 24.8 Å². The summed E-state index contributed by atoms with van der Waals surface area (Å²) in [5.41, 5.74) is 2.21. The maximum atomic E-state index is 11.5. The lowest BCUT2D eigenvalue weighted by molar-refractivity contribution is 0.0592. The van der Waals surface area contributed by atoms with Crippen LogP contribution in [0.4, 0.5) is 0 Å². The third-order valence-electron chi connectivity index (χ3n) is 3.05. The largest absolute Gasteiger partial charge is 0.464 e. The quantitative estimate of drug-likeness (QED) is 0.739. The van der Waals surface area contributed by atoms with Gasteiger partial charge in [-0.2, -0.15) is 5.10 Å². The summed E-state index contributed by atoms with van der Waals surface area (Å²) in [6.07, 6.45) is 3.23. The van der Waals surface area contributed by atoms with Crippen LogP contribution in [0.15, 0.2) is 12.3 Å². The summed E-state index contributed by atoms with van der Waals surface area (Å²) in [5, 5.41) is 12.0. The predicted molar refractivity (Wildman–Crippen MR) is 67.7 cm³/mol. The molecule has 19 heavy (non-hydrogen) atoms. The van der Waals surface area contributed by atoms with Gasteiger partial charge < -0.3 is 4.74 Å². The molecule has 0 spiro atoms. The number of methoxy groups -OCH3 is 1. The Morgan fingerprint density at radius 3 is 2.84 bits per heavy atom. The Kier molecular flexibility index (Phi) is 3.94. The second-order valence-electron chi connectivity index (χ2n) is 4.15. The summed E-state index contributed by atoms with van der Waals surface area (Å²) in [5.74, 6) is -0.441. The lowest BCUT2D eigenvalue weighted by Gasteiger charge is -2.06. The Morgan fingerprint density at radius 1 is 1.47 bits per heavy atom. The zero-order chi connectivity index (χ0) is 13.8. The third kappa shape index (κ3) is 2.64. The molecule has 0 aliphatic rings. The van der Waals surface area contributed by atoms with Crippen molar-refractivity contribution < 1.29 is 9.53 Å². The smallest absolute Gasteiger partial charge is 0.360 e. The van der Waals surface area contributed by atoms with Crippen molar-refractivity contribution in [2.45, 2.75) is 26.3 Å². The number of hydrogen-bond donors (Lipinski definition) is 0. The molecule has 0 saturated carbocycles. The van der Waals surface area contributed by atoms with E-state index in [1.54, 1.807) is 10.9 Å². The van der Waals surface area contributed by atoms with E-state index in [4.69, 9.17) is 4.74 Å². The Morgan fingerprint density at radius 2 is 2.26 bits per heavy atom. The highest BCUT2D eigenvalue weighted by Gasteiger charge is 2.18. The van der Waals surface area contributed by atoms with Gasteiger partial charge in [-0.3, -0.25) is 4.68 Å². The van der Waals surface area contributed by atoms with Gasteiger partial charge in [0.15, 0.2) is 5.69 Å². The first-order chi connectivity index (χ1) is 9.17. The molecule has 0 bridgehead atoms. The highest BCUT2D eigenvalue weighted by Crippen LogP contribution is 2.09. The number of esters is 1. The van der Waals surface area contributed by atoms with E-state index in [0.29, 0.717) is 18.7 Å². The molecule has 0 aromatic carbocycles. The highest BCUT2D eigenvalue weighted by molar-refractivity contribution is 5.88. The lowest BCUT2D eigenvalue weighted by atomic mass is 10.2. The van der Waals surface area contributed by atoms with E-state index in [2.05, 4.69) is 15.4 Å². The third-order valence-corrected chi connectivity index (χ3v) is 3.05. The molecule has 0 saturated heterocycles. The van der Waals surface area contributed by atoms with Gasteiger partial charge in [0.05, 0.1) is 12.8 Å². The first-order valence-corrected chi connectivity index (χ1v) is 6.15. The van der Waals surface area contributed by atoms with Crippen molar-refractivity contribution in [3.8, 4) is 0 Å². The van der Waals surface area contributed by atoms with Crippen LogP contribution in [0.25, 0.3) is 0 Å². The van der Waals surface area contributed by atoms with E-state index < -0.39 is 5.97 Å². The van der Waals surface area contributed by atoms with Crippen LogP contribution in [0.2, 0.25) is 0 Å². The van der Waals surface area contributed by atoms with Gasteiger partial charge >= 0.3 is 5.97 Å². The topological polar surface area (TPSA) is 74.8 Å². The van der Waals surface area contributed by atoms with E-state index in [-0.39, 0.29) is 0 Å². The number of ether oxygens (including phenoxy) is 1. The maximum Gasteiger partial charge on any atom is 0.360 e. The van der Waals surface area contributed by atoms with Crippen molar-refractivity contribution >= 4 is 5.97 Å². The van der Waals surface area contributed by atoms with E-state index in [1.165, 1.54) is 7.11 Å². The van der Waals surface area contributed by atoms with E-state index in [9.17, 15) is 4.79 Å². The monoisotopic (exact) mass is 263 g/mol. The van der Waals surface area contributed by atoms with Crippen LogP contribution in [0.3, 0.4) is 0 Å². The molecular weight excluding hydrogens is 246 g/mol. The van der Waals surface area contributed by atoms with E-state index >= 15 is 0 Å². The highest BCUT2D eigenvalue weighted by atomic mass is 16.5. The molecule has 0 N–H and O–H groups in total. The van der Waals surface area contributed by atoms with Gasteiger partial charge in [-0.25, -0.2) is 9.48 Å². The fraction of sp³-hybridized carbons (Fsp3) is 0.500. The van der Waals surface area contributed by atoms with Crippen molar-refractivity contribution in [3.05, 3.63) is 29.3 Å². The molecule has 102 valence electrons. The molecule has 0 atom stereocenters. The summed E-state index contributed by atoms with van der Waals surface area (Å²) in [4.78, 5) is 11.5. The van der Waals surface area contributed by atoms with Crippen LogP contribution in [0.1, 0.15) is 28.8 Å². The van der Waals surface area contributed by atoms with Gasteiger partial charge in [0, 0.05) is 31.9 Å². The second-order valence-corrected chi connectivity index (χ2v) is 4.15. The van der Waals surface area contributed by atoms with Crippen LogP contribution in [-0.2, 0) is 31.2 Å². The first kappa shape index (κ1) is 13.3. The van der Waals surface area contributed by atoms with Crippen molar-refractivity contribution in [1.29, 1.82) is 0 Å². The molecule has 0 radical (unpaired) electrons. The summed E-state index contributed by atoms with van der Waals surface area (Å²) in [6.45, 7) is 2.62. The summed E-state index contributed by atoms with van der Waals surface area (Å²) < 4.78 is 8.27. The van der Waals surface area contributed by atoms with Gasteiger partial charge in [-0.05, 0) is 12.5 Å². The number of carbonyl (C=O) groups is 1. The van der Waals surface area contributed by atoms with E-state index in [1.807, 2.05) is 24.7 Å². The minimum absolute atomic E-state index is 0.301. The molecule has 2 aromatic rings. The lowest BCUT2D eigenvalue weighted by Crippen LogP contribution is -2.11.